The lowest BCUT2D eigenvalue weighted by atomic mass is 10.1. The molecular formula is C24H32FN3O4S. The Labute approximate surface area is 195 Å². The SMILES string of the molecule is CC(C)C(=O)Nc1ccc(N(C)C)c(CN(CC2CCCO2)S(=O)(=O)c2ccc(F)cc2)c1. The highest BCUT2D eigenvalue weighted by atomic mass is 32.2. The normalized spacial score (nSPS) is 16.4. The number of nitrogens with zero attached hydrogens (tertiary/aromatic N) is 2. The van der Waals surface area contributed by atoms with Gasteiger partial charge in [0.2, 0.25) is 15.9 Å². The Balaban J connectivity index is 1.98. The molecule has 7 nitrogen and oxygen atoms in total. The molecule has 0 bridgehead atoms. The monoisotopic (exact) mass is 477 g/mol. The maximum Gasteiger partial charge on any atom is 0.243 e. The maximum absolute atomic E-state index is 13.5. The highest BCUT2D eigenvalue weighted by Crippen LogP contribution is 2.28. The molecule has 3 rings (SSSR count). The molecule has 9 heteroatoms. The van der Waals surface area contributed by atoms with Gasteiger partial charge in [0.25, 0.3) is 0 Å². The van der Waals surface area contributed by atoms with Crippen molar-refractivity contribution in [1.82, 2.24) is 4.31 Å². The molecule has 1 aliphatic heterocycles. The number of benzene rings is 2. The van der Waals surface area contributed by atoms with Crippen molar-refractivity contribution in [3.05, 3.63) is 53.8 Å². The largest absolute Gasteiger partial charge is 0.377 e. The van der Waals surface area contributed by atoms with Crippen molar-refractivity contribution in [1.29, 1.82) is 0 Å². The van der Waals surface area contributed by atoms with E-state index in [1.54, 1.807) is 12.1 Å². The number of hydrogen-bond acceptors (Lipinski definition) is 5. The molecule has 1 heterocycles. The second kappa shape index (κ2) is 10.6. The fourth-order valence-electron chi connectivity index (χ4n) is 3.72. The van der Waals surface area contributed by atoms with Crippen molar-refractivity contribution in [2.75, 3.05) is 37.5 Å². The average molecular weight is 478 g/mol. The Kier molecular flexibility index (Phi) is 8.10. The molecule has 0 aromatic heterocycles. The van der Waals surface area contributed by atoms with Gasteiger partial charge in [-0.1, -0.05) is 13.8 Å². The first-order valence-electron chi connectivity index (χ1n) is 11.1. The van der Waals surface area contributed by atoms with E-state index in [9.17, 15) is 17.6 Å². The van der Waals surface area contributed by atoms with Crippen LogP contribution >= 0.6 is 0 Å². The van der Waals surface area contributed by atoms with E-state index in [4.69, 9.17) is 4.74 Å². The first kappa shape index (κ1) is 25.1. The lowest BCUT2D eigenvalue weighted by Crippen LogP contribution is -2.37. The molecule has 33 heavy (non-hydrogen) atoms. The number of sulfonamides is 1. The van der Waals surface area contributed by atoms with E-state index in [1.807, 2.05) is 38.9 Å². The predicted octanol–water partition coefficient (Wildman–Crippen LogP) is 3.86. The summed E-state index contributed by atoms with van der Waals surface area (Å²) < 4.78 is 47.6. The molecule has 1 N–H and O–H groups in total. The minimum Gasteiger partial charge on any atom is -0.377 e. The van der Waals surface area contributed by atoms with Crippen molar-refractivity contribution in [3.8, 4) is 0 Å². The van der Waals surface area contributed by atoms with Gasteiger partial charge in [-0.3, -0.25) is 4.79 Å². The van der Waals surface area contributed by atoms with Crippen molar-refractivity contribution in [2.24, 2.45) is 5.92 Å². The van der Waals surface area contributed by atoms with Crippen LogP contribution in [0, 0.1) is 11.7 Å². The van der Waals surface area contributed by atoms with E-state index >= 15 is 0 Å². The van der Waals surface area contributed by atoms with E-state index < -0.39 is 15.8 Å². The third-order valence-corrected chi connectivity index (χ3v) is 7.41. The molecule has 180 valence electrons. The average Bonchev–Trinajstić information content (AvgIpc) is 3.26. The minimum atomic E-state index is -3.91. The number of hydrogen-bond donors (Lipinski definition) is 1. The van der Waals surface area contributed by atoms with E-state index in [-0.39, 0.29) is 35.9 Å². The zero-order chi connectivity index (χ0) is 24.2. The van der Waals surface area contributed by atoms with Crippen LogP contribution < -0.4 is 10.2 Å². The van der Waals surface area contributed by atoms with E-state index in [0.717, 1.165) is 36.2 Å². The number of ether oxygens (including phenoxy) is 1. The topological polar surface area (TPSA) is 79.0 Å². The quantitative estimate of drug-likeness (QED) is 0.593. The number of anilines is 2. The number of halogens is 1. The molecule has 1 atom stereocenters. The molecule has 0 aliphatic carbocycles. The first-order chi connectivity index (χ1) is 15.6. The van der Waals surface area contributed by atoms with Gasteiger partial charge in [-0.25, -0.2) is 12.8 Å². The van der Waals surface area contributed by atoms with Crippen LogP contribution in [0.1, 0.15) is 32.3 Å². The van der Waals surface area contributed by atoms with Gasteiger partial charge < -0.3 is 15.0 Å². The standard InChI is InChI=1S/C24H32FN3O4S/c1-17(2)24(29)26-20-9-12-23(27(3)4)18(14-20)15-28(16-21-6-5-13-32-21)33(30,31)22-10-7-19(25)8-11-22/h7-12,14,17,21H,5-6,13,15-16H2,1-4H3,(H,26,29). The zero-order valence-electron chi connectivity index (χ0n) is 19.5. The van der Waals surface area contributed by atoms with Crippen molar-refractivity contribution < 1.29 is 22.3 Å². The smallest absolute Gasteiger partial charge is 0.243 e. The Morgan fingerprint density at radius 3 is 2.45 bits per heavy atom. The summed E-state index contributed by atoms with van der Waals surface area (Å²) in [6, 6.07) is 10.3. The highest BCUT2D eigenvalue weighted by Gasteiger charge is 2.30. The highest BCUT2D eigenvalue weighted by molar-refractivity contribution is 7.89. The molecule has 0 spiro atoms. The van der Waals surface area contributed by atoms with Gasteiger partial charge in [0.15, 0.2) is 0 Å². The number of amides is 1. The van der Waals surface area contributed by atoms with Gasteiger partial charge >= 0.3 is 0 Å². The van der Waals surface area contributed by atoms with Crippen LogP contribution in [0.5, 0.6) is 0 Å². The van der Waals surface area contributed by atoms with Gasteiger partial charge in [-0.05, 0) is 60.9 Å². The van der Waals surface area contributed by atoms with Crippen molar-refractivity contribution in [3.63, 3.8) is 0 Å². The van der Waals surface area contributed by atoms with Gasteiger partial charge in [-0.2, -0.15) is 4.31 Å². The summed E-state index contributed by atoms with van der Waals surface area (Å²) in [6.07, 6.45) is 1.46. The Morgan fingerprint density at radius 2 is 1.88 bits per heavy atom. The number of carbonyl (C=O) groups is 1. The summed E-state index contributed by atoms with van der Waals surface area (Å²) >= 11 is 0. The van der Waals surface area contributed by atoms with Gasteiger partial charge in [0.1, 0.15) is 5.82 Å². The van der Waals surface area contributed by atoms with Gasteiger partial charge in [0.05, 0.1) is 11.0 Å². The maximum atomic E-state index is 13.5. The third kappa shape index (κ3) is 6.31. The molecule has 1 unspecified atom stereocenters. The second-order valence-electron chi connectivity index (χ2n) is 8.77. The zero-order valence-corrected chi connectivity index (χ0v) is 20.4. The number of rotatable bonds is 9. The number of carbonyl (C=O) groups excluding carboxylic acids is 1. The lowest BCUT2D eigenvalue weighted by molar-refractivity contribution is -0.118. The molecule has 1 fully saturated rings. The predicted molar refractivity (Wildman–Crippen MR) is 127 cm³/mol. The van der Waals surface area contributed by atoms with Crippen LogP contribution in [-0.4, -0.2) is 52.0 Å². The van der Waals surface area contributed by atoms with Crippen LogP contribution in [0.15, 0.2) is 47.4 Å². The lowest BCUT2D eigenvalue weighted by Gasteiger charge is -2.27. The molecular weight excluding hydrogens is 445 g/mol. The van der Waals surface area contributed by atoms with Crippen LogP contribution in [0.25, 0.3) is 0 Å². The van der Waals surface area contributed by atoms with E-state index in [1.165, 1.54) is 16.4 Å². The second-order valence-corrected chi connectivity index (χ2v) is 10.7. The molecule has 2 aromatic carbocycles. The van der Waals surface area contributed by atoms with Crippen LogP contribution in [0.4, 0.5) is 15.8 Å². The summed E-state index contributed by atoms with van der Waals surface area (Å²) in [7, 11) is -0.156. The third-order valence-electron chi connectivity index (χ3n) is 5.58. The van der Waals surface area contributed by atoms with Crippen LogP contribution in [0.2, 0.25) is 0 Å². The molecule has 1 amide bonds. The van der Waals surface area contributed by atoms with Crippen LogP contribution in [-0.2, 0) is 26.1 Å². The van der Waals surface area contributed by atoms with Crippen molar-refractivity contribution in [2.45, 2.75) is 44.2 Å². The molecule has 2 aromatic rings. The molecule has 0 radical (unpaired) electrons. The van der Waals surface area contributed by atoms with Gasteiger partial charge in [0, 0.05) is 51.1 Å². The summed E-state index contributed by atoms with van der Waals surface area (Å²) in [4.78, 5) is 14.1. The summed E-state index contributed by atoms with van der Waals surface area (Å²) in [6.45, 7) is 4.49. The molecule has 0 saturated carbocycles. The fourth-order valence-corrected chi connectivity index (χ4v) is 5.17. The molecule has 1 aliphatic rings. The van der Waals surface area contributed by atoms with E-state index in [0.29, 0.717) is 12.3 Å². The first-order valence-corrected chi connectivity index (χ1v) is 12.5. The number of nitrogens with one attached hydrogen (secondary N) is 1. The molecule has 1 saturated heterocycles. The summed E-state index contributed by atoms with van der Waals surface area (Å²) in [5.41, 5.74) is 2.18. The van der Waals surface area contributed by atoms with Gasteiger partial charge in [-0.15, -0.1) is 0 Å². The fraction of sp³-hybridized carbons (Fsp3) is 0.458. The van der Waals surface area contributed by atoms with Crippen molar-refractivity contribution >= 4 is 27.3 Å². The Morgan fingerprint density at radius 1 is 1.18 bits per heavy atom. The Hall–Kier alpha value is -2.49. The van der Waals surface area contributed by atoms with Crippen LogP contribution in [0.3, 0.4) is 0 Å². The Bertz CT molecular complexity index is 1070. The van der Waals surface area contributed by atoms with E-state index in [2.05, 4.69) is 5.32 Å². The minimum absolute atomic E-state index is 0.0255. The summed E-state index contributed by atoms with van der Waals surface area (Å²) in [5, 5.41) is 2.88. The summed E-state index contributed by atoms with van der Waals surface area (Å²) in [5.74, 6) is -0.798.